The summed E-state index contributed by atoms with van der Waals surface area (Å²) in [6.45, 7) is 5.22. The van der Waals surface area contributed by atoms with E-state index in [0.29, 0.717) is 18.0 Å². The highest BCUT2D eigenvalue weighted by atomic mass is 16.5. The Bertz CT molecular complexity index is 898. The topological polar surface area (TPSA) is 72.8 Å². The van der Waals surface area contributed by atoms with E-state index < -0.39 is 0 Å². The van der Waals surface area contributed by atoms with Crippen molar-refractivity contribution >= 4 is 16.8 Å². The maximum atomic E-state index is 13.0. The van der Waals surface area contributed by atoms with E-state index >= 15 is 0 Å². The zero-order chi connectivity index (χ0) is 19.5. The number of hydrogen-bond donors (Lipinski definition) is 1. The van der Waals surface area contributed by atoms with Gasteiger partial charge < -0.3 is 19.4 Å². The largest absolute Gasteiger partial charge is 0.381 e. The van der Waals surface area contributed by atoms with Crippen molar-refractivity contribution in [1.29, 1.82) is 0 Å². The van der Waals surface area contributed by atoms with Crippen molar-refractivity contribution in [2.24, 2.45) is 13.0 Å². The molecule has 1 aromatic heterocycles. The smallest absolute Gasteiger partial charge is 0.252 e. The molecule has 150 valence electrons. The molecule has 0 saturated carbocycles. The molecule has 0 aliphatic carbocycles. The van der Waals surface area contributed by atoms with Crippen LogP contribution in [-0.2, 0) is 16.5 Å². The quantitative estimate of drug-likeness (QED) is 0.832. The number of nitrogens with zero attached hydrogens (tertiary/aromatic N) is 2. The molecule has 2 aliphatic heterocycles. The average Bonchev–Trinajstić information content (AvgIpc) is 3.26. The van der Waals surface area contributed by atoms with Gasteiger partial charge in [0.05, 0.1) is 30.9 Å². The number of fused-ring (bicyclic) bond motifs is 1. The van der Waals surface area contributed by atoms with Crippen LogP contribution in [0.15, 0.2) is 35.1 Å². The number of rotatable bonds is 5. The van der Waals surface area contributed by atoms with Crippen molar-refractivity contribution in [3.05, 3.63) is 46.2 Å². The van der Waals surface area contributed by atoms with Gasteiger partial charge in [0.25, 0.3) is 11.5 Å². The van der Waals surface area contributed by atoms with Gasteiger partial charge in [0, 0.05) is 56.7 Å². The lowest BCUT2D eigenvalue weighted by Gasteiger charge is -2.37. The normalized spacial score (nSPS) is 21.7. The number of pyridine rings is 1. The Balaban J connectivity index is 1.54. The summed E-state index contributed by atoms with van der Waals surface area (Å²) < 4.78 is 12.6. The molecular formula is C21H27N3O4. The van der Waals surface area contributed by atoms with E-state index in [1.807, 2.05) is 24.3 Å². The number of carbonyl (C=O) groups excluding carboxylic acids is 1. The van der Waals surface area contributed by atoms with Gasteiger partial charge in [0.1, 0.15) is 0 Å². The first-order chi connectivity index (χ1) is 13.6. The van der Waals surface area contributed by atoms with Gasteiger partial charge in [-0.05, 0) is 12.5 Å². The molecule has 0 radical (unpaired) electrons. The fourth-order valence-electron chi connectivity index (χ4n) is 4.25. The highest BCUT2D eigenvalue weighted by Crippen LogP contribution is 2.22. The Hall–Kier alpha value is -2.22. The van der Waals surface area contributed by atoms with E-state index in [-0.39, 0.29) is 17.5 Å². The molecule has 4 rings (SSSR count). The fourth-order valence-corrected chi connectivity index (χ4v) is 4.25. The molecule has 7 heteroatoms. The van der Waals surface area contributed by atoms with Gasteiger partial charge in [-0.2, -0.15) is 0 Å². The van der Waals surface area contributed by atoms with Crippen LogP contribution in [-0.4, -0.2) is 67.5 Å². The minimum atomic E-state index is -0.203. The Kier molecular flexibility index (Phi) is 5.75. The number of hydrogen-bond acceptors (Lipinski definition) is 5. The Morgan fingerprint density at radius 3 is 2.75 bits per heavy atom. The second-order valence-corrected chi connectivity index (χ2v) is 7.52. The van der Waals surface area contributed by atoms with E-state index in [4.69, 9.17) is 9.47 Å². The van der Waals surface area contributed by atoms with E-state index in [1.165, 1.54) is 6.07 Å². The van der Waals surface area contributed by atoms with Crippen molar-refractivity contribution in [3.8, 4) is 0 Å². The van der Waals surface area contributed by atoms with Crippen LogP contribution in [0.1, 0.15) is 16.8 Å². The molecule has 1 amide bonds. The molecule has 2 unspecified atom stereocenters. The molecule has 0 spiro atoms. The number of benzene rings is 1. The molecule has 2 atom stereocenters. The van der Waals surface area contributed by atoms with Gasteiger partial charge in [-0.3, -0.25) is 14.5 Å². The maximum Gasteiger partial charge on any atom is 0.252 e. The number of amides is 1. The Morgan fingerprint density at radius 2 is 2.00 bits per heavy atom. The van der Waals surface area contributed by atoms with Gasteiger partial charge in [-0.15, -0.1) is 0 Å². The first-order valence-electron chi connectivity index (χ1n) is 9.91. The fraction of sp³-hybridized carbons (Fsp3) is 0.524. The van der Waals surface area contributed by atoms with Gasteiger partial charge >= 0.3 is 0 Å². The molecule has 7 nitrogen and oxygen atoms in total. The molecule has 28 heavy (non-hydrogen) atoms. The van der Waals surface area contributed by atoms with Crippen LogP contribution in [0.5, 0.6) is 0 Å². The highest BCUT2D eigenvalue weighted by Gasteiger charge is 2.32. The van der Waals surface area contributed by atoms with Gasteiger partial charge in [0.15, 0.2) is 0 Å². The lowest BCUT2D eigenvalue weighted by Crippen LogP contribution is -2.52. The molecule has 0 bridgehead atoms. The second-order valence-electron chi connectivity index (χ2n) is 7.52. The van der Waals surface area contributed by atoms with Crippen molar-refractivity contribution in [2.45, 2.75) is 12.5 Å². The molecule has 2 saturated heterocycles. The van der Waals surface area contributed by atoms with E-state index in [0.717, 1.165) is 56.8 Å². The highest BCUT2D eigenvalue weighted by molar-refractivity contribution is 6.06. The van der Waals surface area contributed by atoms with Gasteiger partial charge in [-0.25, -0.2) is 0 Å². The lowest BCUT2D eigenvalue weighted by atomic mass is 9.96. The van der Waals surface area contributed by atoms with Crippen molar-refractivity contribution in [2.75, 3.05) is 46.1 Å². The SMILES string of the molecule is Cn1c(=O)cc(C(=O)NCC(C2CCOC2)N2CCOCC2)c2ccccc21. The summed E-state index contributed by atoms with van der Waals surface area (Å²) in [5, 5.41) is 3.87. The number of ether oxygens (including phenoxy) is 2. The van der Waals surface area contributed by atoms with Crippen molar-refractivity contribution in [1.82, 2.24) is 14.8 Å². The van der Waals surface area contributed by atoms with Crippen LogP contribution in [0.4, 0.5) is 0 Å². The average molecular weight is 385 g/mol. The number of para-hydroxylation sites is 1. The molecule has 2 aliphatic rings. The van der Waals surface area contributed by atoms with Crippen LogP contribution in [0, 0.1) is 5.92 Å². The molecule has 2 aromatic rings. The van der Waals surface area contributed by atoms with Crippen LogP contribution in [0.25, 0.3) is 10.9 Å². The van der Waals surface area contributed by atoms with Crippen LogP contribution in [0.3, 0.4) is 0 Å². The summed E-state index contributed by atoms with van der Waals surface area (Å²) in [6, 6.07) is 9.15. The first kappa shape index (κ1) is 19.1. The third kappa shape index (κ3) is 3.83. The summed E-state index contributed by atoms with van der Waals surface area (Å²) in [5.74, 6) is 0.199. The predicted molar refractivity (Wildman–Crippen MR) is 107 cm³/mol. The minimum Gasteiger partial charge on any atom is -0.381 e. The van der Waals surface area contributed by atoms with Gasteiger partial charge in [-0.1, -0.05) is 18.2 Å². The number of aromatic nitrogens is 1. The number of aryl methyl sites for hydroxylation is 1. The molecule has 3 heterocycles. The van der Waals surface area contributed by atoms with E-state index in [1.54, 1.807) is 11.6 Å². The standard InChI is InChI=1S/C21H27N3O4/c1-23-18-5-3-2-4-16(18)17(12-20(23)25)21(26)22-13-19(15-6-9-28-14-15)24-7-10-27-11-8-24/h2-5,12,15,19H,6-11,13-14H2,1H3,(H,22,26). The molecule has 1 N–H and O–H groups in total. The first-order valence-corrected chi connectivity index (χ1v) is 9.91. The maximum absolute atomic E-state index is 13.0. The molecular weight excluding hydrogens is 358 g/mol. The third-order valence-corrected chi connectivity index (χ3v) is 5.89. The third-order valence-electron chi connectivity index (χ3n) is 5.89. The van der Waals surface area contributed by atoms with Gasteiger partial charge in [0.2, 0.25) is 0 Å². The predicted octanol–water partition coefficient (Wildman–Crippen LogP) is 1.01. The number of morpholine rings is 1. The summed E-state index contributed by atoms with van der Waals surface area (Å²) in [4.78, 5) is 27.7. The van der Waals surface area contributed by atoms with Crippen LogP contribution >= 0.6 is 0 Å². The Labute approximate surface area is 164 Å². The monoisotopic (exact) mass is 385 g/mol. The second kappa shape index (κ2) is 8.43. The lowest BCUT2D eigenvalue weighted by molar-refractivity contribution is 0.00167. The van der Waals surface area contributed by atoms with Crippen molar-refractivity contribution < 1.29 is 14.3 Å². The minimum absolute atomic E-state index is 0.183. The summed E-state index contributed by atoms with van der Waals surface area (Å²) in [7, 11) is 1.72. The molecule has 1 aromatic carbocycles. The number of carbonyl (C=O) groups is 1. The van der Waals surface area contributed by atoms with E-state index in [9.17, 15) is 9.59 Å². The zero-order valence-electron chi connectivity index (χ0n) is 16.2. The van der Waals surface area contributed by atoms with Crippen LogP contribution < -0.4 is 10.9 Å². The number of nitrogens with one attached hydrogen (secondary N) is 1. The van der Waals surface area contributed by atoms with Crippen molar-refractivity contribution in [3.63, 3.8) is 0 Å². The zero-order valence-corrected chi connectivity index (χ0v) is 16.2. The summed E-state index contributed by atoms with van der Waals surface area (Å²) >= 11 is 0. The summed E-state index contributed by atoms with van der Waals surface area (Å²) in [5.41, 5.74) is 1.01. The molecule has 2 fully saturated rings. The Morgan fingerprint density at radius 1 is 1.21 bits per heavy atom. The van der Waals surface area contributed by atoms with Crippen LogP contribution in [0.2, 0.25) is 0 Å². The summed E-state index contributed by atoms with van der Waals surface area (Å²) in [6.07, 6.45) is 1.01. The van der Waals surface area contributed by atoms with E-state index in [2.05, 4.69) is 10.2 Å².